The van der Waals surface area contributed by atoms with Gasteiger partial charge in [-0.05, 0) is 40.6 Å². The van der Waals surface area contributed by atoms with E-state index in [2.05, 4.69) is 64.8 Å². The van der Waals surface area contributed by atoms with E-state index in [0.717, 1.165) is 24.7 Å². The summed E-state index contributed by atoms with van der Waals surface area (Å²) < 4.78 is 0. The Balaban J connectivity index is 1.67. The first kappa shape index (κ1) is 14.6. The van der Waals surface area contributed by atoms with E-state index in [1.165, 1.54) is 22.0 Å². The Morgan fingerprint density at radius 2 is 1.65 bits per heavy atom. The van der Waals surface area contributed by atoms with Crippen LogP contribution in [0.2, 0.25) is 5.02 Å². The van der Waals surface area contributed by atoms with Crippen LogP contribution in [0.25, 0.3) is 10.8 Å². The summed E-state index contributed by atoms with van der Waals surface area (Å²) in [6.07, 6.45) is 0. The highest BCUT2D eigenvalue weighted by Crippen LogP contribution is 2.26. The quantitative estimate of drug-likeness (QED) is 0.762. The molecule has 0 spiro atoms. The Labute approximate surface area is 141 Å². The van der Waals surface area contributed by atoms with Crippen molar-refractivity contribution in [3.05, 3.63) is 77.3 Å². The van der Waals surface area contributed by atoms with Crippen LogP contribution in [-0.4, -0.2) is 19.1 Å². The van der Waals surface area contributed by atoms with E-state index < -0.39 is 0 Å². The number of hydrogen-bond donors (Lipinski definition) is 1. The zero-order valence-electron chi connectivity index (χ0n) is 12.9. The van der Waals surface area contributed by atoms with Gasteiger partial charge in [-0.1, -0.05) is 54.1 Å². The molecule has 1 aliphatic rings. The summed E-state index contributed by atoms with van der Waals surface area (Å²) in [5.41, 5.74) is 2.57. The molecule has 23 heavy (non-hydrogen) atoms. The summed E-state index contributed by atoms with van der Waals surface area (Å²) in [5.74, 6) is 0. The van der Waals surface area contributed by atoms with Crippen LogP contribution in [0.3, 0.4) is 0 Å². The highest BCUT2D eigenvalue weighted by Gasteiger charge is 2.25. The van der Waals surface area contributed by atoms with Crippen molar-refractivity contribution in [2.75, 3.05) is 18.0 Å². The first-order valence-electron chi connectivity index (χ1n) is 8.00. The van der Waals surface area contributed by atoms with E-state index in [9.17, 15) is 0 Å². The SMILES string of the molecule is Clc1ccc(CN(c2ccc3ccccc3c2)C2CNC2)cc1. The summed E-state index contributed by atoms with van der Waals surface area (Å²) in [6, 6.07) is 24.0. The van der Waals surface area contributed by atoms with Gasteiger partial charge in [0.25, 0.3) is 0 Å². The molecule has 3 aromatic carbocycles. The molecule has 0 aromatic heterocycles. The molecule has 4 rings (SSSR count). The molecular weight excluding hydrogens is 304 g/mol. The lowest BCUT2D eigenvalue weighted by Crippen LogP contribution is -2.57. The van der Waals surface area contributed by atoms with Crippen molar-refractivity contribution in [2.24, 2.45) is 0 Å². The third-order valence-electron chi connectivity index (χ3n) is 4.53. The van der Waals surface area contributed by atoms with Gasteiger partial charge >= 0.3 is 0 Å². The fourth-order valence-corrected chi connectivity index (χ4v) is 3.19. The number of hydrogen-bond acceptors (Lipinski definition) is 2. The van der Waals surface area contributed by atoms with Gasteiger partial charge in [0.05, 0.1) is 6.04 Å². The molecule has 1 fully saturated rings. The number of halogens is 1. The summed E-state index contributed by atoms with van der Waals surface area (Å²) in [4.78, 5) is 2.49. The molecule has 116 valence electrons. The predicted molar refractivity (Wildman–Crippen MR) is 98.2 cm³/mol. The fourth-order valence-electron chi connectivity index (χ4n) is 3.07. The number of anilines is 1. The molecule has 3 aromatic rings. The second-order valence-electron chi connectivity index (χ2n) is 6.10. The number of benzene rings is 3. The average Bonchev–Trinajstić information content (AvgIpc) is 2.54. The Morgan fingerprint density at radius 3 is 2.35 bits per heavy atom. The van der Waals surface area contributed by atoms with Crippen LogP contribution in [0.15, 0.2) is 66.7 Å². The fraction of sp³-hybridized carbons (Fsp3) is 0.200. The lowest BCUT2D eigenvalue weighted by Gasteiger charge is -2.40. The number of fused-ring (bicyclic) bond motifs is 1. The number of nitrogens with one attached hydrogen (secondary N) is 1. The third kappa shape index (κ3) is 3.05. The first-order valence-corrected chi connectivity index (χ1v) is 8.38. The van der Waals surface area contributed by atoms with Crippen LogP contribution < -0.4 is 10.2 Å². The standard InChI is InChI=1S/C20H19ClN2/c21-18-8-5-15(6-9-18)14-23(20-12-22-13-20)19-10-7-16-3-1-2-4-17(16)11-19/h1-11,20,22H,12-14H2. The van der Waals surface area contributed by atoms with E-state index in [0.29, 0.717) is 6.04 Å². The molecule has 3 heteroatoms. The maximum atomic E-state index is 6.01. The van der Waals surface area contributed by atoms with E-state index in [1.54, 1.807) is 0 Å². The molecular formula is C20H19ClN2. The molecule has 0 bridgehead atoms. The van der Waals surface area contributed by atoms with Crippen molar-refractivity contribution in [3.63, 3.8) is 0 Å². The molecule has 0 unspecified atom stereocenters. The van der Waals surface area contributed by atoms with Crippen molar-refractivity contribution < 1.29 is 0 Å². The van der Waals surface area contributed by atoms with Gasteiger partial charge in [0.1, 0.15) is 0 Å². The molecule has 0 radical (unpaired) electrons. The van der Waals surface area contributed by atoms with E-state index in [1.807, 2.05) is 12.1 Å². The van der Waals surface area contributed by atoms with Gasteiger partial charge in [-0.3, -0.25) is 0 Å². The van der Waals surface area contributed by atoms with E-state index in [4.69, 9.17) is 11.6 Å². The third-order valence-corrected chi connectivity index (χ3v) is 4.78. The van der Waals surface area contributed by atoms with E-state index >= 15 is 0 Å². The largest absolute Gasteiger partial charge is 0.362 e. The van der Waals surface area contributed by atoms with Gasteiger partial charge in [-0.2, -0.15) is 0 Å². The second kappa shape index (κ2) is 6.23. The maximum absolute atomic E-state index is 6.01. The zero-order chi connectivity index (χ0) is 15.6. The smallest absolute Gasteiger partial charge is 0.0542 e. The minimum atomic E-state index is 0.548. The summed E-state index contributed by atoms with van der Waals surface area (Å²) in [7, 11) is 0. The van der Waals surface area contributed by atoms with Crippen molar-refractivity contribution in [1.29, 1.82) is 0 Å². The highest BCUT2D eigenvalue weighted by molar-refractivity contribution is 6.30. The Hall–Kier alpha value is -2.03. The predicted octanol–water partition coefficient (Wildman–Crippen LogP) is 4.47. The molecule has 2 nitrogen and oxygen atoms in total. The average molecular weight is 323 g/mol. The molecule has 0 amide bonds. The van der Waals surface area contributed by atoms with Crippen molar-refractivity contribution in [3.8, 4) is 0 Å². The normalized spacial score (nSPS) is 14.7. The van der Waals surface area contributed by atoms with Crippen LogP contribution in [0.5, 0.6) is 0 Å². The molecule has 1 heterocycles. The summed E-state index contributed by atoms with van der Waals surface area (Å²) in [6.45, 7) is 2.99. The van der Waals surface area contributed by atoms with Crippen LogP contribution in [0.1, 0.15) is 5.56 Å². The molecule has 0 atom stereocenters. The van der Waals surface area contributed by atoms with Gasteiger partial charge in [-0.15, -0.1) is 0 Å². The Morgan fingerprint density at radius 1 is 0.913 bits per heavy atom. The zero-order valence-corrected chi connectivity index (χ0v) is 13.6. The topological polar surface area (TPSA) is 15.3 Å². The van der Waals surface area contributed by atoms with Gasteiger partial charge in [0.15, 0.2) is 0 Å². The first-order chi connectivity index (χ1) is 11.3. The van der Waals surface area contributed by atoms with Crippen LogP contribution in [0.4, 0.5) is 5.69 Å². The van der Waals surface area contributed by atoms with Crippen molar-refractivity contribution in [2.45, 2.75) is 12.6 Å². The Bertz CT molecular complexity index is 809. The van der Waals surface area contributed by atoms with Crippen LogP contribution in [0, 0.1) is 0 Å². The van der Waals surface area contributed by atoms with Crippen molar-refractivity contribution in [1.82, 2.24) is 5.32 Å². The molecule has 0 saturated carbocycles. The lowest BCUT2D eigenvalue weighted by molar-refractivity contribution is 0.411. The number of rotatable bonds is 4. The van der Waals surface area contributed by atoms with Crippen LogP contribution >= 0.6 is 11.6 Å². The molecule has 0 aliphatic carbocycles. The minimum Gasteiger partial charge on any atom is -0.362 e. The molecule has 1 saturated heterocycles. The number of nitrogens with zero attached hydrogens (tertiary/aromatic N) is 1. The second-order valence-corrected chi connectivity index (χ2v) is 6.53. The van der Waals surface area contributed by atoms with Gasteiger partial charge in [0, 0.05) is 30.3 Å². The van der Waals surface area contributed by atoms with Gasteiger partial charge < -0.3 is 10.2 Å². The van der Waals surface area contributed by atoms with Gasteiger partial charge in [-0.25, -0.2) is 0 Å². The van der Waals surface area contributed by atoms with Crippen molar-refractivity contribution >= 4 is 28.1 Å². The summed E-state index contributed by atoms with van der Waals surface area (Å²) in [5, 5.41) is 6.75. The summed E-state index contributed by atoms with van der Waals surface area (Å²) >= 11 is 6.01. The minimum absolute atomic E-state index is 0.548. The van der Waals surface area contributed by atoms with Gasteiger partial charge in [0.2, 0.25) is 0 Å². The Kier molecular flexibility index (Phi) is 3.94. The van der Waals surface area contributed by atoms with Crippen LogP contribution in [-0.2, 0) is 6.54 Å². The maximum Gasteiger partial charge on any atom is 0.0542 e. The monoisotopic (exact) mass is 322 g/mol. The highest BCUT2D eigenvalue weighted by atomic mass is 35.5. The van der Waals surface area contributed by atoms with E-state index in [-0.39, 0.29) is 0 Å². The molecule has 1 N–H and O–H groups in total. The lowest BCUT2D eigenvalue weighted by atomic mass is 10.0. The molecule has 1 aliphatic heterocycles.